The van der Waals surface area contributed by atoms with Gasteiger partial charge < -0.3 is 5.32 Å². The number of carbonyl (C=O) groups is 2. The van der Waals surface area contributed by atoms with Gasteiger partial charge in [0.05, 0.1) is 11.8 Å². The molecule has 0 spiro atoms. The Kier molecular flexibility index (Phi) is 4.49. The molecule has 1 N–H and O–H groups in total. The van der Waals surface area contributed by atoms with Gasteiger partial charge in [0.1, 0.15) is 0 Å². The van der Waals surface area contributed by atoms with Gasteiger partial charge in [-0.25, -0.2) is 0 Å². The number of halogens is 1. The molecule has 0 heterocycles. The molecule has 3 nitrogen and oxygen atoms in total. The Morgan fingerprint density at radius 1 is 1.40 bits per heavy atom. The first-order chi connectivity index (χ1) is 7.11. The number of aryl methyl sites for hydroxylation is 1. The van der Waals surface area contributed by atoms with Crippen molar-refractivity contribution in [1.29, 1.82) is 0 Å². The van der Waals surface area contributed by atoms with Crippen LogP contribution in [-0.4, -0.2) is 17.0 Å². The molecule has 0 aromatic heterocycles. The predicted octanol–water partition coefficient (Wildman–Crippen LogP) is 2.29. The molecular formula is C11H12BrNO2. The van der Waals surface area contributed by atoms with E-state index in [2.05, 4.69) is 21.2 Å². The standard InChI is InChI=1S/C11H12BrNO2/c1-8-3-2-4-9(5-8)13-11(15)6-10(14)7-12/h2-5H,6-7H2,1H3,(H,13,15). The third-order valence-electron chi connectivity index (χ3n) is 1.81. The molecule has 1 rings (SSSR count). The van der Waals surface area contributed by atoms with Gasteiger partial charge in [-0.15, -0.1) is 0 Å². The van der Waals surface area contributed by atoms with Crippen LogP contribution >= 0.6 is 15.9 Å². The summed E-state index contributed by atoms with van der Waals surface area (Å²) in [5.74, 6) is -0.398. The molecular weight excluding hydrogens is 258 g/mol. The van der Waals surface area contributed by atoms with E-state index >= 15 is 0 Å². The van der Waals surface area contributed by atoms with Crippen molar-refractivity contribution in [3.8, 4) is 0 Å². The minimum atomic E-state index is -0.273. The van der Waals surface area contributed by atoms with Crippen LogP contribution in [0.3, 0.4) is 0 Å². The Labute approximate surface area is 97.0 Å². The summed E-state index contributed by atoms with van der Waals surface area (Å²) in [6, 6.07) is 7.45. The summed E-state index contributed by atoms with van der Waals surface area (Å²) in [5, 5.41) is 2.88. The van der Waals surface area contributed by atoms with Gasteiger partial charge in [0.25, 0.3) is 0 Å². The van der Waals surface area contributed by atoms with Gasteiger partial charge in [-0.1, -0.05) is 28.1 Å². The van der Waals surface area contributed by atoms with Crippen LogP contribution < -0.4 is 5.32 Å². The van der Waals surface area contributed by atoms with Crippen LogP contribution in [0, 0.1) is 6.92 Å². The summed E-state index contributed by atoms with van der Waals surface area (Å²) in [5.41, 5.74) is 1.79. The second-order valence-electron chi connectivity index (χ2n) is 3.27. The van der Waals surface area contributed by atoms with E-state index < -0.39 is 0 Å². The van der Waals surface area contributed by atoms with Gasteiger partial charge in [-0.2, -0.15) is 0 Å². The van der Waals surface area contributed by atoms with Crippen molar-refractivity contribution in [2.75, 3.05) is 10.6 Å². The molecule has 0 bridgehead atoms. The molecule has 0 aliphatic carbocycles. The highest BCUT2D eigenvalue weighted by atomic mass is 79.9. The number of anilines is 1. The first kappa shape index (κ1) is 11.9. The topological polar surface area (TPSA) is 46.2 Å². The molecule has 4 heteroatoms. The van der Waals surface area contributed by atoms with Crippen molar-refractivity contribution < 1.29 is 9.59 Å². The summed E-state index contributed by atoms with van der Waals surface area (Å²) in [7, 11) is 0. The van der Waals surface area contributed by atoms with Gasteiger partial charge in [0.2, 0.25) is 5.91 Å². The van der Waals surface area contributed by atoms with Crippen molar-refractivity contribution in [1.82, 2.24) is 0 Å². The second kappa shape index (κ2) is 5.66. The smallest absolute Gasteiger partial charge is 0.231 e. The number of nitrogens with one attached hydrogen (secondary N) is 1. The van der Waals surface area contributed by atoms with E-state index in [1.165, 1.54) is 0 Å². The maximum Gasteiger partial charge on any atom is 0.231 e. The number of Topliss-reactive ketones (excluding diaryl/α,β-unsaturated/α-hetero) is 1. The molecule has 1 amide bonds. The van der Waals surface area contributed by atoms with Gasteiger partial charge in [0.15, 0.2) is 5.78 Å². The predicted molar refractivity (Wildman–Crippen MR) is 63.2 cm³/mol. The molecule has 0 unspecified atom stereocenters. The lowest BCUT2D eigenvalue weighted by atomic mass is 10.2. The number of hydrogen-bond donors (Lipinski definition) is 1. The summed E-state index contributed by atoms with van der Waals surface area (Å²) in [6.07, 6.45) is -0.0841. The van der Waals surface area contributed by atoms with Gasteiger partial charge in [-0.3, -0.25) is 9.59 Å². The number of hydrogen-bond acceptors (Lipinski definition) is 2. The van der Waals surface area contributed by atoms with Crippen molar-refractivity contribution in [2.24, 2.45) is 0 Å². The molecule has 0 saturated carbocycles. The SMILES string of the molecule is Cc1cccc(NC(=O)CC(=O)CBr)c1. The zero-order valence-corrected chi connectivity index (χ0v) is 10.0. The molecule has 15 heavy (non-hydrogen) atoms. The van der Waals surface area contributed by atoms with Crippen LogP contribution in [-0.2, 0) is 9.59 Å². The molecule has 0 saturated heterocycles. The van der Waals surface area contributed by atoms with E-state index in [0.29, 0.717) is 0 Å². The van der Waals surface area contributed by atoms with Gasteiger partial charge >= 0.3 is 0 Å². The van der Waals surface area contributed by atoms with Crippen LogP contribution in [0.15, 0.2) is 24.3 Å². The third kappa shape index (κ3) is 4.25. The summed E-state index contributed by atoms with van der Waals surface area (Å²) < 4.78 is 0. The van der Waals surface area contributed by atoms with Crippen LogP contribution in [0.1, 0.15) is 12.0 Å². The second-order valence-corrected chi connectivity index (χ2v) is 3.83. The van der Waals surface area contributed by atoms with Crippen molar-refractivity contribution in [3.63, 3.8) is 0 Å². The molecule has 0 aliphatic rings. The zero-order valence-electron chi connectivity index (χ0n) is 8.42. The van der Waals surface area contributed by atoms with Crippen molar-refractivity contribution in [2.45, 2.75) is 13.3 Å². The first-order valence-corrected chi connectivity index (χ1v) is 5.68. The van der Waals surface area contributed by atoms with Gasteiger partial charge in [-0.05, 0) is 24.6 Å². The Morgan fingerprint density at radius 3 is 2.73 bits per heavy atom. The first-order valence-electron chi connectivity index (χ1n) is 4.56. The number of carbonyl (C=O) groups excluding carboxylic acids is 2. The minimum Gasteiger partial charge on any atom is -0.326 e. The van der Waals surface area contributed by atoms with Crippen molar-refractivity contribution >= 4 is 33.3 Å². The molecule has 0 radical (unpaired) electrons. The maximum atomic E-state index is 11.3. The maximum absolute atomic E-state index is 11.3. The van der Waals surface area contributed by atoms with Crippen LogP contribution in [0.5, 0.6) is 0 Å². The van der Waals surface area contributed by atoms with Crippen LogP contribution in [0.25, 0.3) is 0 Å². The number of ketones is 1. The van der Waals surface area contributed by atoms with Crippen LogP contribution in [0.4, 0.5) is 5.69 Å². The average Bonchev–Trinajstić information content (AvgIpc) is 2.17. The fourth-order valence-corrected chi connectivity index (χ4v) is 1.35. The lowest BCUT2D eigenvalue weighted by Crippen LogP contribution is -2.16. The molecule has 0 atom stereocenters. The monoisotopic (exact) mass is 269 g/mol. The molecule has 1 aromatic carbocycles. The van der Waals surface area contributed by atoms with Crippen LogP contribution in [0.2, 0.25) is 0 Å². The fraction of sp³-hybridized carbons (Fsp3) is 0.273. The highest BCUT2D eigenvalue weighted by Gasteiger charge is 2.07. The largest absolute Gasteiger partial charge is 0.326 e. The summed E-state index contributed by atoms with van der Waals surface area (Å²) in [6.45, 7) is 1.94. The van der Waals surface area contributed by atoms with E-state index in [1.54, 1.807) is 6.07 Å². The zero-order chi connectivity index (χ0) is 11.3. The highest BCUT2D eigenvalue weighted by Crippen LogP contribution is 2.09. The quantitative estimate of drug-likeness (QED) is 0.674. The fourth-order valence-electron chi connectivity index (χ4n) is 1.15. The Morgan fingerprint density at radius 2 is 2.13 bits per heavy atom. The Bertz CT molecular complexity index is 377. The molecule has 80 valence electrons. The summed E-state index contributed by atoms with van der Waals surface area (Å²) >= 11 is 3.01. The number of alkyl halides is 1. The molecule has 0 aliphatic heterocycles. The number of amides is 1. The van der Waals surface area contributed by atoms with E-state index in [1.807, 2.05) is 25.1 Å². The number of benzene rings is 1. The average molecular weight is 270 g/mol. The lowest BCUT2D eigenvalue weighted by Gasteiger charge is -2.04. The van der Waals surface area contributed by atoms with Crippen molar-refractivity contribution in [3.05, 3.63) is 29.8 Å². The normalized spacial score (nSPS) is 9.73. The van der Waals surface area contributed by atoms with E-state index in [9.17, 15) is 9.59 Å². The van der Waals surface area contributed by atoms with E-state index in [4.69, 9.17) is 0 Å². The Balaban J connectivity index is 2.55. The third-order valence-corrected chi connectivity index (χ3v) is 2.43. The highest BCUT2D eigenvalue weighted by molar-refractivity contribution is 9.09. The summed E-state index contributed by atoms with van der Waals surface area (Å²) in [4.78, 5) is 22.3. The van der Waals surface area contributed by atoms with E-state index in [0.717, 1.165) is 11.3 Å². The van der Waals surface area contributed by atoms with Gasteiger partial charge in [0, 0.05) is 5.69 Å². The lowest BCUT2D eigenvalue weighted by molar-refractivity contribution is -0.123. The molecule has 1 aromatic rings. The number of rotatable bonds is 4. The van der Waals surface area contributed by atoms with E-state index in [-0.39, 0.29) is 23.4 Å². The Hall–Kier alpha value is -1.16. The minimum absolute atomic E-state index is 0.0841. The molecule has 0 fully saturated rings.